The lowest BCUT2D eigenvalue weighted by Gasteiger charge is -2.10. The van der Waals surface area contributed by atoms with Crippen molar-refractivity contribution in [3.8, 4) is 0 Å². The molecule has 3 N–H and O–H groups in total. The van der Waals surface area contributed by atoms with E-state index in [1.807, 2.05) is 24.3 Å². The highest BCUT2D eigenvalue weighted by Gasteiger charge is 2.27. The molecule has 4 rings (SSSR count). The lowest BCUT2D eigenvalue weighted by molar-refractivity contribution is 0.262. The number of nitrogens with one attached hydrogen (secondary N) is 2. The van der Waals surface area contributed by atoms with E-state index in [9.17, 15) is 9.82 Å². The minimum atomic E-state index is -0.923. The van der Waals surface area contributed by atoms with Gasteiger partial charge in [-0.2, -0.15) is 0 Å². The Hall–Kier alpha value is -2.35. The minimum Gasteiger partial charge on any atom is -0.423 e. The van der Waals surface area contributed by atoms with Crippen molar-refractivity contribution >= 4 is 50.7 Å². The van der Waals surface area contributed by atoms with Crippen molar-refractivity contribution < 1.29 is 14.5 Å². The number of hydrogen-bond acceptors (Lipinski definition) is 4. The zero-order chi connectivity index (χ0) is 18.8. The van der Waals surface area contributed by atoms with Crippen molar-refractivity contribution in [2.45, 2.75) is 32.8 Å². The van der Waals surface area contributed by atoms with E-state index in [-0.39, 0.29) is 6.03 Å². The molecule has 1 aromatic heterocycles. The van der Waals surface area contributed by atoms with E-state index < -0.39 is 7.12 Å². The van der Waals surface area contributed by atoms with Crippen LogP contribution in [-0.4, -0.2) is 18.2 Å². The standard InChI is InChI=1S/C20H21BN2O3S/c1-2-3-6-16-15-7-4-5-8-18(15)27-19(16)23-20(24)22-14-10-9-13-12-26-21(25)17(13)11-14/h4-5,7-11,25H,2-3,6,12H2,1H3,(H2,22,23,24). The summed E-state index contributed by atoms with van der Waals surface area (Å²) in [6, 6.07) is 13.4. The number of benzene rings is 2. The number of unbranched alkanes of at least 4 members (excludes halogenated alkanes) is 1. The summed E-state index contributed by atoms with van der Waals surface area (Å²) in [4.78, 5) is 12.6. The van der Waals surface area contributed by atoms with Gasteiger partial charge >= 0.3 is 13.1 Å². The molecule has 138 valence electrons. The van der Waals surface area contributed by atoms with Gasteiger partial charge in [-0.25, -0.2) is 4.79 Å². The molecular formula is C20H21BN2O3S. The number of carbonyl (C=O) groups excluding carboxylic acids is 1. The first-order chi connectivity index (χ1) is 13.2. The lowest BCUT2D eigenvalue weighted by Crippen LogP contribution is -2.29. The summed E-state index contributed by atoms with van der Waals surface area (Å²) in [5, 5.41) is 17.8. The number of amides is 2. The monoisotopic (exact) mass is 380 g/mol. The lowest BCUT2D eigenvalue weighted by atomic mass is 9.79. The second kappa shape index (κ2) is 7.72. The second-order valence-corrected chi connectivity index (χ2v) is 7.72. The van der Waals surface area contributed by atoms with Crippen molar-refractivity contribution in [1.29, 1.82) is 0 Å². The van der Waals surface area contributed by atoms with Crippen LogP contribution < -0.4 is 16.1 Å². The van der Waals surface area contributed by atoms with Crippen LogP contribution in [0.25, 0.3) is 10.1 Å². The van der Waals surface area contributed by atoms with Crippen LogP contribution >= 0.6 is 11.3 Å². The summed E-state index contributed by atoms with van der Waals surface area (Å²) in [5.41, 5.74) is 3.48. The minimum absolute atomic E-state index is 0.285. The van der Waals surface area contributed by atoms with Crippen LogP contribution in [0.1, 0.15) is 30.9 Å². The van der Waals surface area contributed by atoms with E-state index in [2.05, 4.69) is 29.7 Å². The normalized spacial score (nSPS) is 13.0. The summed E-state index contributed by atoms with van der Waals surface area (Å²) in [6.45, 7) is 2.56. The molecule has 0 radical (unpaired) electrons. The van der Waals surface area contributed by atoms with Gasteiger partial charge in [0, 0.05) is 10.4 Å². The predicted octanol–water partition coefficient (Wildman–Crippen LogP) is 4.11. The highest BCUT2D eigenvalue weighted by Crippen LogP contribution is 2.36. The Kier molecular flexibility index (Phi) is 5.16. The van der Waals surface area contributed by atoms with Crippen LogP contribution in [0.4, 0.5) is 15.5 Å². The fourth-order valence-electron chi connectivity index (χ4n) is 3.36. The van der Waals surface area contributed by atoms with Gasteiger partial charge < -0.3 is 15.0 Å². The van der Waals surface area contributed by atoms with Crippen LogP contribution in [0, 0.1) is 0 Å². The van der Waals surface area contributed by atoms with Gasteiger partial charge in [-0.3, -0.25) is 5.32 Å². The number of fused-ring (bicyclic) bond motifs is 2. The molecule has 7 heteroatoms. The van der Waals surface area contributed by atoms with Crippen LogP contribution in [0.5, 0.6) is 0 Å². The third-order valence-electron chi connectivity index (χ3n) is 4.77. The second-order valence-electron chi connectivity index (χ2n) is 6.67. The number of aryl methyl sites for hydroxylation is 1. The maximum absolute atomic E-state index is 12.6. The molecule has 2 heterocycles. The van der Waals surface area contributed by atoms with E-state index in [0.717, 1.165) is 29.8 Å². The Morgan fingerprint density at radius 1 is 1.26 bits per heavy atom. The number of hydrogen-bond donors (Lipinski definition) is 3. The van der Waals surface area contributed by atoms with E-state index in [0.29, 0.717) is 17.8 Å². The van der Waals surface area contributed by atoms with Gasteiger partial charge in [-0.15, -0.1) is 11.3 Å². The zero-order valence-electron chi connectivity index (χ0n) is 15.1. The summed E-state index contributed by atoms with van der Waals surface area (Å²) < 4.78 is 6.37. The molecule has 3 aromatic rings. The number of urea groups is 1. The van der Waals surface area contributed by atoms with Crippen molar-refractivity contribution in [3.63, 3.8) is 0 Å². The molecule has 27 heavy (non-hydrogen) atoms. The molecule has 0 aliphatic carbocycles. The average molecular weight is 380 g/mol. The third-order valence-corrected chi connectivity index (χ3v) is 5.90. The summed E-state index contributed by atoms with van der Waals surface area (Å²) in [7, 11) is -0.923. The molecule has 0 bridgehead atoms. The van der Waals surface area contributed by atoms with Crippen molar-refractivity contribution in [3.05, 3.63) is 53.6 Å². The molecule has 2 amide bonds. The molecular weight excluding hydrogens is 359 g/mol. The van der Waals surface area contributed by atoms with Crippen molar-refractivity contribution in [2.24, 2.45) is 0 Å². The van der Waals surface area contributed by atoms with Gasteiger partial charge in [0.15, 0.2) is 0 Å². The molecule has 0 atom stereocenters. The Morgan fingerprint density at radius 3 is 2.96 bits per heavy atom. The van der Waals surface area contributed by atoms with E-state index in [4.69, 9.17) is 4.65 Å². The molecule has 2 aromatic carbocycles. The molecule has 0 unspecified atom stereocenters. The van der Waals surface area contributed by atoms with Gasteiger partial charge in [-0.05, 0) is 53.0 Å². The fourth-order valence-corrected chi connectivity index (χ4v) is 4.51. The highest BCUT2D eigenvalue weighted by atomic mass is 32.1. The highest BCUT2D eigenvalue weighted by molar-refractivity contribution is 7.23. The summed E-state index contributed by atoms with van der Waals surface area (Å²) in [6.07, 6.45) is 3.13. The third kappa shape index (κ3) is 3.71. The maximum Gasteiger partial charge on any atom is 0.491 e. The van der Waals surface area contributed by atoms with Crippen LogP contribution in [-0.2, 0) is 17.7 Å². The Morgan fingerprint density at radius 2 is 2.11 bits per heavy atom. The maximum atomic E-state index is 12.6. The first-order valence-corrected chi connectivity index (χ1v) is 9.98. The van der Waals surface area contributed by atoms with Gasteiger partial charge in [0.2, 0.25) is 0 Å². The molecule has 0 saturated heterocycles. The van der Waals surface area contributed by atoms with Gasteiger partial charge in [-0.1, -0.05) is 37.6 Å². The van der Waals surface area contributed by atoms with E-state index in [1.165, 1.54) is 15.6 Å². The van der Waals surface area contributed by atoms with Gasteiger partial charge in [0.25, 0.3) is 0 Å². The number of thiophene rings is 1. The fraction of sp³-hybridized carbons (Fsp3) is 0.250. The summed E-state index contributed by atoms with van der Waals surface area (Å²) in [5.74, 6) is 0. The predicted molar refractivity (Wildman–Crippen MR) is 112 cm³/mol. The van der Waals surface area contributed by atoms with Crippen LogP contribution in [0.15, 0.2) is 42.5 Å². The van der Waals surface area contributed by atoms with Crippen LogP contribution in [0.3, 0.4) is 0 Å². The number of rotatable bonds is 5. The number of carbonyl (C=O) groups is 1. The smallest absolute Gasteiger partial charge is 0.423 e. The van der Waals surface area contributed by atoms with Crippen molar-refractivity contribution in [1.82, 2.24) is 0 Å². The first kappa shape index (κ1) is 18.0. The van der Waals surface area contributed by atoms with E-state index in [1.54, 1.807) is 17.4 Å². The Labute approximate surface area is 162 Å². The van der Waals surface area contributed by atoms with Crippen molar-refractivity contribution in [2.75, 3.05) is 10.6 Å². The van der Waals surface area contributed by atoms with Gasteiger partial charge in [0.05, 0.1) is 6.61 Å². The van der Waals surface area contributed by atoms with Crippen LogP contribution in [0.2, 0.25) is 0 Å². The molecule has 0 spiro atoms. The van der Waals surface area contributed by atoms with Gasteiger partial charge in [0.1, 0.15) is 5.00 Å². The molecule has 1 aliphatic rings. The quantitative estimate of drug-likeness (QED) is 0.584. The molecule has 0 saturated carbocycles. The Bertz CT molecular complexity index is 989. The molecule has 1 aliphatic heterocycles. The SMILES string of the molecule is CCCCc1c(NC(=O)Nc2ccc3c(c2)B(O)OC3)sc2ccccc12. The molecule has 0 fully saturated rings. The molecule has 5 nitrogen and oxygen atoms in total. The Balaban J connectivity index is 1.53. The van der Waals surface area contributed by atoms with E-state index >= 15 is 0 Å². The average Bonchev–Trinajstić information content (AvgIpc) is 3.20. The first-order valence-electron chi connectivity index (χ1n) is 9.16. The largest absolute Gasteiger partial charge is 0.491 e. The topological polar surface area (TPSA) is 70.6 Å². The summed E-state index contributed by atoms with van der Waals surface area (Å²) >= 11 is 1.60. The zero-order valence-corrected chi connectivity index (χ0v) is 15.9. The number of anilines is 2.